The first kappa shape index (κ1) is 20.5. The maximum Gasteiger partial charge on any atom is 0.263 e. The Morgan fingerprint density at radius 1 is 1.16 bits per heavy atom. The summed E-state index contributed by atoms with van der Waals surface area (Å²) in [5, 5.41) is 2.73. The van der Waals surface area contributed by atoms with Crippen molar-refractivity contribution >= 4 is 17.5 Å². The second-order valence-electron chi connectivity index (χ2n) is 7.36. The molecule has 0 fully saturated rings. The van der Waals surface area contributed by atoms with Gasteiger partial charge in [-0.3, -0.25) is 9.59 Å². The molecule has 0 radical (unpaired) electrons. The Bertz CT molecular complexity index is 1130. The minimum atomic E-state index is -0.350. The molecule has 6 nitrogen and oxygen atoms in total. The van der Waals surface area contributed by atoms with E-state index in [2.05, 4.69) is 10.3 Å². The van der Waals surface area contributed by atoms with Crippen LogP contribution in [-0.2, 0) is 11.3 Å². The number of hydrogen-bond acceptors (Lipinski definition) is 4. The summed E-state index contributed by atoms with van der Waals surface area (Å²) in [6.45, 7) is 2.40. The molecule has 0 saturated heterocycles. The summed E-state index contributed by atoms with van der Waals surface area (Å²) in [5.41, 5.74) is 2.45. The molecule has 1 aromatic heterocycles. The van der Waals surface area contributed by atoms with Crippen LogP contribution in [0.1, 0.15) is 34.3 Å². The molecule has 2 heterocycles. The van der Waals surface area contributed by atoms with Crippen LogP contribution < -0.4 is 15.0 Å². The molecule has 0 aliphatic carbocycles. The number of aromatic nitrogens is 1. The molecule has 1 aliphatic rings. The molecular formula is C24H22FN3O3. The van der Waals surface area contributed by atoms with Crippen molar-refractivity contribution < 1.29 is 18.7 Å². The van der Waals surface area contributed by atoms with Crippen molar-refractivity contribution in [2.24, 2.45) is 0 Å². The fraction of sp³-hybridized carbons (Fsp3) is 0.208. The van der Waals surface area contributed by atoms with Gasteiger partial charge in [0.2, 0.25) is 11.8 Å². The highest BCUT2D eigenvalue weighted by atomic mass is 19.1. The number of fused-ring (bicyclic) bond motifs is 2. The number of rotatable bonds is 6. The molecule has 0 atom stereocenters. The van der Waals surface area contributed by atoms with E-state index in [0.717, 1.165) is 5.56 Å². The van der Waals surface area contributed by atoms with Crippen LogP contribution in [-0.4, -0.2) is 23.3 Å². The third kappa shape index (κ3) is 4.55. The summed E-state index contributed by atoms with van der Waals surface area (Å²) in [6, 6.07) is 15.3. The molecule has 31 heavy (non-hydrogen) atoms. The van der Waals surface area contributed by atoms with Gasteiger partial charge in [0, 0.05) is 31.3 Å². The van der Waals surface area contributed by atoms with Gasteiger partial charge in [0.05, 0.1) is 5.69 Å². The predicted octanol–water partition coefficient (Wildman–Crippen LogP) is 4.38. The van der Waals surface area contributed by atoms with E-state index in [1.165, 1.54) is 6.07 Å². The fourth-order valence-corrected chi connectivity index (χ4v) is 3.46. The molecular weight excluding hydrogens is 397 g/mol. The largest absolute Gasteiger partial charge is 0.436 e. The van der Waals surface area contributed by atoms with Crippen LogP contribution in [0.5, 0.6) is 11.6 Å². The van der Waals surface area contributed by atoms with Crippen molar-refractivity contribution in [2.45, 2.75) is 26.3 Å². The Morgan fingerprint density at radius 3 is 2.84 bits per heavy atom. The molecule has 1 aliphatic heterocycles. The van der Waals surface area contributed by atoms with E-state index in [1.54, 1.807) is 41.4 Å². The number of carbonyl (C=O) groups excluding carboxylic acids is 2. The van der Waals surface area contributed by atoms with Crippen LogP contribution >= 0.6 is 0 Å². The van der Waals surface area contributed by atoms with Gasteiger partial charge in [-0.25, -0.2) is 9.37 Å². The Kier molecular flexibility index (Phi) is 5.93. The Balaban J connectivity index is 1.44. The highest BCUT2D eigenvalue weighted by molar-refractivity contribution is 6.09. The number of aryl methyl sites for hydroxylation is 1. The van der Waals surface area contributed by atoms with Crippen LogP contribution in [0.3, 0.4) is 0 Å². The molecule has 2 aromatic carbocycles. The number of benzene rings is 2. The van der Waals surface area contributed by atoms with Gasteiger partial charge >= 0.3 is 0 Å². The van der Waals surface area contributed by atoms with E-state index >= 15 is 0 Å². The van der Waals surface area contributed by atoms with E-state index in [1.807, 2.05) is 25.1 Å². The lowest BCUT2D eigenvalue weighted by molar-refractivity contribution is -0.121. The number of nitrogens with one attached hydrogen (secondary N) is 1. The van der Waals surface area contributed by atoms with E-state index in [4.69, 9.17) is 4.74 Å². The standard InChI is InChI=1S/C24H22FN3O3/c1-16-10-11-21-20(14-16)28(24(30)18-7-4-12-26-23(18)31-21)13-5-9-22(29)27-15-17-6-2-3-8-19(17)25/h2-4,6-8,10-12,14H,5,9,13,15H2,1H3,(H,27,29). The highest BCUT2D eigenvalue weighted by Crippen LogP contribution is 2.38. The zero-order valence-corrected chi connectivity index (χ0v) is 17.1. The van der Waals surface area contributed by atoms with Crippen molar-refractivity contribution in [1.29, 1.82) is 0 Å². The van der Waals surface area contributed by atoms with Gasteiger partial charge in [-0.2, -0.15) is 0 Å². The summed E-state index contributed by atoms with van der Waals surface area (Å²) in [6.07, 6.45) is 2.23. The number of carbonyl (C=O) groups is 2. The third-order valence-corrected chi connectivity index (χ3v) is 5.08. The van der Waals surface area contributed by atoms with Gasteiger partial charge in [-0.1, -0.05) is 24.3 Å². The van der Waals surface area contributed by atoms with Gasteiger partial charge in [-0.05, 0) is 49.2 Å². The van der Waals surface area contributed by atoms with Gasteiger partial charge < -0.3 is 15.0 Å². The van der Waals surface area contributed by atoms with Crippen LogP contribution in [0.4, 0.5) is 10.1 Å². The average Bonchev–Trinajstić information content (AvgIpc) is 2.88. The summed E-state index contributed by atoms with van der Waals surface area (Å²) in [5.74, 6) is 0.0351. The summed E-state index contributed by atoms with van der Waals surface area (Å²) < 4.78 is 19.6. The Labute approximate surface area is 179 Å². The first-order chi connectivity index (χ1) is 15.0. The first-order valence-electron chi connectivity index (χ1n) is 10.1. The van der Waals surface area contributed by atoms with Crippen molar-refractivity contribution in [2.75, 3.05) is 11.4 Å². The minimum absolute atomic E-state index is 0.128. The highest BCUT2D eigenvalue weighted by Gasteiger charge is 2.28. The topological polar surface area (TPSA) is 71.5 Å². The second kappa shape index (κ2) is 8.95. The summed E-state index contributed by atoms with van der Waals surface area (Å²) >= 11 is 0. The zero-order valence-electron chi connectivity index (χ0n) is 17.1. The quantitative estimate of drug-likeness (QED) is 0.644. The lowest BCUT2D eigenvalue weighted by Gasteiger charge is -2.22. The number of nitrogens with zero attached hydrogens (tertiary/aromatic N) is 2. The molecule has 0 saturated carbocycles. The average molecular weight is 419 g/mol. The molecule has 0 spiro atoms. The van der Waals surface area contributed by atoms with Crippen molar-refractivity contribution in [1.82, 2.24) is 10.3 Å². The number of pyridine rings is 1. The van der Waals surface area contributed by atoms with Gasteiger partial charge in [0.25, 0.3) is 5.91 Å². The molecule has 3 aromatic rings. The van der Waals surface area contributed by atoms with E-state index in [0.29, 0.717) is 35.5 Å². The van der Waals surface area contributed by atoms with Crippen LogP contribution in [0.2, 0.25) is 0 Å². The van der Waals surface area contributed by atoms with Gasteiger partial charge in [0.15, 0.2) is 5.75 Å². The van der Waals surface area contributed by atoms with Gasteiger partial charge in [-0.15, -0.1) is 0 Å². The predicted molar refractivity (Wildman–Crippen MR) is 115 cm³/mol. The minimum Gasteiger partial charge on any atom is -0.436 e. The molecule has 7 heteroatoms. The zero-order chi connectivity index (χ0) is 21.8. The summed E-state index contributed by atoms with van der Waals surface area (Å²) in [7, 11) is 0. The van der Waals surface area contributed by atoms with E-state index < -0.39 is 0 Å². The number of amides is 2. The molecule has 1 N–H and O–H groups in total. The van der Waals surface area contributed by atoms with Crippen LogP contribution in [0.25, 0.3) is 0 Å². The third-order valence-electron chi connectivity index (χ3n) is 5.08. The van der Waals surface area contributed by atoms with Crippen LogP contribution in [0, 0.1) is 12.7 Å². The monoisotopic (exact) mass is 419 g/mol. The first-order valence-corrected chi connectivity index (χ1v) is 10.1. The number of ether oxygens (including phenoxy) is 1. The number of halogens is 1. The van der Waals surface area contributed by atoms with Crippen molar-refractivity contribution in [3.63, 3.8) is 0 Å². The fourth-order valence-electron chi connectivity index (χ4n) is 3.46. The summed E-state index contributed by atoms with van der Waals surface area (Å²) in [4.78, 5) is 31.3. The SMILES string of the molecule is Cc1ccc2c(c1)N(CCCC(=O)NCc1ccccc1F)C(=O)c1cccnc1O2. The molecule has 2 amide bonds. The van der Waals surface area contributed by atoms with Crippen molar-refractivity contribution in [3.05, 3.63) is 83.3 Å². The Hall–Kier alpha value is -3.74. The lowest BCUT2D eigenvalue weighted by Crippen LogP contribution is -2.32. The number of anilines is 1. The van der Waals surface area contributed by atoms with Crippen molar-refractivity contribution in [3.8, 4) is 11.6 Å². The van der Waals surface area contributed by atoms with E-state index in [-0.39, 0.29) is 36.5 Å². The van der Waals surface area contributed by atoms with Crippen LogP contribution in [0.15, 0.2) is 60.8 Å². The Morgan fingerprint density at radius 2 is 2.00 bits per heavy atom. The maximum atomic E-state index is 13.7. The maximum absolute atomic E-state index is 13.7. The molecule has 158 valence electrons. The normalized spacial score (nSPS) is 12.5. The van der Waals surface area contributed by atoms with E-state index in [9.17, 15) is 14.0 Å². The second-order valence-corrected chi connectivity index (χ2v) is 7.36. The smallest absolute Gasteiger partial charge is 0.263 e. The molecule has 4 rings (SSSR count). The van der Waals surface area contributed by atoms with Gasteiger partial charge in [0.1, 0.15) is 11.4 Å². The molecule has 0 unspecified atom stereocenters. The molecule has 0 bridgehead atoms. The lowest BCUT2D eigenvalue weighted by atomic mass is 10.1. The number of hydrogen-bond donors (Lipinski definition) is 1.